The molecular weight excluding hydrogens is 176 g/mol. The topological polar surface area (TPSA) is 47.6 Å². The van der Waals surface area contributed by atoms with Gasteiger partial charge in [-0.3, -0.25) is 0 Å². The molecule has 0 aromatic heterocycles. The van der Waals surface area contributed by atoms with Gasteiger partial charge in [-0.25, -0.2) is 4.99 Å². The maximum atomic E-state index is 5.83. The number of hydrogen-bond acceptors (Lipinski definition) is 3. The van der Waals surface area contributed by atoms with E-state index < -0.39 is 0 Å². The predicted molar refractivity (Wildman–Crippen MR) is 59.2 cm³/mol. The molecule has 78 valence electrons. The van der Waals surface area contributed by atoms with E-state index in [1.807, 2.05) is 39.8 Å². The van der Waals surface area contributed by atoms with Crippen LogP contribution in [-0.4, -0.2) is 18.0 Å². The van der Waals surface area contributed by atoms with Crippen molar-refractivity contribution in [2.75, 3.05) is 6.61 Å². The molecule has 2 N–H and O–H groups in total. The number of aliphatic imine (C=N–C) groups is 1. The average molecular weight is 194 g/mol. The van der Waals surface area contributed by atoms with E-state index in [0.29, 0.717) is 18.2 Å². The highest BCUT2D eigenvalue weighted by Gasteiger charge is 2.28. The Morgan fingerprint density at radius 1 is 1.43 bits per heavy atom. The van der Waals surface area contributed by atoms with Gasteiger partial charge in [-0.2, -0.15) is 0 Å². The van der Waals surface area contributed by atoms with E-state index in [1.165, 1.54) is 0 Å². The van der Waals surface area contributed by atoms with Crippen molar-refractivity contribution in [1.29, 1.82) is 0 Å². The molecule has 3 nitrogen and oxygen atoms in total. The van der Waals surface area contributed by atoms with Crippen molar-refractivity contribution in [3.63, 3.8) is 0 Å². The van der Waals surface area contributed by atoms with E-state index in [1.54, 1.807) is 0 Å². The first kappa shape index (κ1) is 10.8. The molecule has 0 saturated heterocycles. The van der Waals surface area contributed by atoms with Crippen molar-refractivity contribution < 1.29 is 4.74 Å². The van der Waals surface area contributed by atoms with Crippen LogP contribution in [0.5, 0.6) is 0 Å². The quantitative estimate of drug-likeness (QED) is 0.683. The molecule has 0 radical (unpaired) electrons. The van der Waals surface area contributed by atoms with Gasteiger partial charge in [-0.05, 0) is 27.7 Å². The molecular formula is C11H18N2O. The van der Waals surface area contributed by atoms with Gasteiger partial charge in [-0.1, -0.05) is 12.2 Å². The fourth-order valence-corrected chi connectivity index (χ4v) is 1.29. The first-order valence-corrected chi connectivity index (χ1v) is 4.81. The third kappa shape index (κ3) is 2.16. The van der Waals surface area contributed by atoms with Crippen LogP contribution >= 0.6 is 0 Å². The first-order valence-electron chi connectivity index (χ1n) is 4.81. The Balaban J connectivity index is 2.95. The summed E-state index contributed by atoms with van der Waals surface area (Å²) in [5.74, 6) is 0.660. The van der Waals surface area contributed by atoms with Crippen LogP contribution in [0.4, 0.5) is 0 Å². The zero-order valence-electron chi connectivity index (χ0n) is 9.29. The van der Waals surface area contributed by atoms with E-state index in [0.717, 1.165) is 5.57 Å². The molecule has 0 aromatic rings. The van der Waals surface area contributed by atoms with Gasteiger partial charge < -0.3 is 10.5 Å². The summed E-state index contributed by atoms with van der Waals surface area (Å²) in [7, 11) is 0. The van der Waals surface area contributed by atoms with Crippen molar-refractivity contribution in [1.82, 2.24) is 0 Å². The number of nitrogens with two attached hydrogens (primary N) is 1. The van der Waals surface area contributed by atoms with Crippen molar-refractivity contribution in [3.8, 4) is 0 Å². The predicted octanol–water partition coefficient (Wildman–Crippen LogP) is 2.00. The lowest BCUT2D eigenvalue weighted by molar-refractivity contribution is 0.279. The minimum absolute atomic E-state index is 0.127. The van der Waals surface area contributed by atoms with Crippen LogP contribution in [0.25, 0.3) is 0 Å². The van der Waals surface area contributed by atoms with Gasteiger partial charge in [0.05, 0.1) is 11.1 Å². The molecule has 0 atom stereocenters. The van der Waals surface area contributed by atoms with Gasteiger partial charge in [0.15, 0.2) is 0 Å². The highest BCUT2D eigenvalue weighted by molar-refractivity contribution is 5.98. The molecule has 0 amide bonds. The smallest absolute Gasteiger partial charge is 0.218 e. The standard InChI is InChI=1S/C11H18N2O/c1-5-8(9(12)6-2)10-13-11(3,4)7-14-10/h5-6H,7,12H2,1-4H3/b8-5+,9-6+. The molecule has 1 aliphatic rings. The summed E-state index contributed by atoms with van der Waals surface area (Å²) in [5.41, 5.74) is 7.30. The number of hydrogen-bond donors (Lipinski definition) is 1. The van der Waals surface area contributed by atoms with E-state index in [-0.39, 0.29) is 5.54 Å². The summed E-state index contributed by atoms with van der Waals surface area (Å²) in [4.78, 5) is 4.47. The van der Waals surface area contributed by atoms with Crippen molar-refractivity contribution >= 4 is 5.90 Å². The van der Waals surface area contributed by atoms with E-state index in [4.69, 9.17) is 10.5 Å². The van der Waals surface area contributed by atoms with Crippen molar-refractivity contribution in [3.05, 3.63) is 23.4 Å². The number of rotatable bonds is 2. The molecule has 0 bridgehead atoms. The molecule has 0 fully saturated rings. The summed E-state index contributed by atoms with van der Waals surface area (Å²) < 4.78 is 5.51. The zero-order chi connectivity index (χ0) is 10.8. The summed E-state index contributed by atoms with van der Waals surface area (Å²) in [6.07, 6.45) is 3.78. The fourth-order valence-electron chi connectivity index (χ4n) is 1.29. The monoisotopic (exact) mass is 194 g/mol. The lowest BCUT2D eigenvalue weighted by Gasteiger charge is -2.07. The second-order valence-corrected chi connectivity index (χ2v) is 3.96. The largest absolute Gasteiger partial charge is 0.475 e. The van der Waals surface area contributed by atoms with E-state index in [2.05, 4.69) is 4.99 Å². The molecule has 0 aromatic carbocycles. The van der Waals surface area contributed by atoms with E-state index >= 15 is 0 Å². The van der Waals surface area contributed by atoms with Crippen LogP contribution in [0.1, 0.15) is 27.7 Å². The SMILES string of the molecule is C/C=C(N)\C(=C/C)C1=NC(C)(C)CO1. The van der Waals surface area contributed by atoms with Gasteiger partial charge in [0, 0.05) is 5.70 Å². The summed E-state index contributed by atoms with van der Waals surface area (Å²) >= 11 is 0. The fraction of sp³-hybridized carbons (Fsp3) is 0.545. The van der Waals surface area contributed by atoms with Gasteiger partial charge in [-0.15, -0.1) is 0 Å². The summed E-state index contributed by atoms with van der Waals surface area (Å²) in [6, 6.07) is 0. The maximum Gasteiger partial charge on any atom is 0.218 e. The molecule has 1 aliphatic heterocycles. The molecule has 0 spiro atoms. The Morgan fingerprint density at radius 2 is 2.07 bits per heavy atom. The third-order valence-corrected chi connectivity index (χ3v) is 2.11. The van der Waals surface area contributed by atoms with Crippen LogP contribution in [0.15, 0.2) is 28.4 Å². The molecule has 14 heavy (non-hydrogen) atoms. The number of allylic oxidation sites excluding steroid dienone is 2. The Bertz CT molecular complexity index is 311. The minimum atomic E-state index is -0.127. The summed E-state index contributed by atoms with van der Waals surface area (Å²) in [6.45, 7) is 8.54. The molecule has 0 unspecified atom stereocenters. The van der Waals surface area contributed by atoms with Gasteiger partial charge >= 0.3 is 0 Å². The molecule has 3 heteroatoms. The van der Waals surface area contributed by atoms with Crippen LogP contribution in [0.2, 0.25) is 0 Å². The third-order valence-electron chi connectivity index (χ3n) is 2.11. The van der Waals surface area contributed by atoms with Crippen LogP contribution in [0, 0.1) is 0 Å². The van der Waals surface area contributed by atoms with Crippen molar-refractivity contribution in [2.24, 2.45) is 10.7 Å². The summed E-state index contributed by atoms with van der Waals surface area (Å²) in [5, 5.41) is 0. The number of nitrogens with zero attached hydrogens (tertiary/aromatic N) is 1. The van der Waals surface area contributed by atoms with Crippen LogP contribution in [0.3, 0.4) is 0 Å². The Labute approximate surface area is 85.4 Å². The van der Waals surface area contributed by atoms with Gasteiger partial charge in [0.25, 0.3) is 0 Å². The second-order valence-electron chi connectivity index (χ2n) is 3.96. The van der Waals surface area contributed by atoms with Gasteiger partial charge in [0.1, 0.15) is 6.61 Å². The van der Waals surface area contributed by atoms with Crippen LogP contribution < -0.4 is 5.73 Å². The average Bonchev–Trinajstić information content (AvgIpc) is 2.47. The van der Waals surface area contributed by atoms with Crippen LogP contribution in [-0.2, 0) is 4.74 Å². The highest BCUT2D eigenvalue weighted by Crippen LogP contribution is 2.22. The molecule has 1 rings (SSSR count). The highest BCUT2D eigenvalue weighted by atomic mass is 16.5. The van der Waals surface area contributed by atoms with Gasteiger partial charge in [0.2, 0.25) is 5.90 Å². The second kappa shape index (κ2) is 3.86. The molecule has 1 heterocycles. The zero-order valence-corrected chi connectivity index (χ0v) is 9.29. The first-order chi connectivity index (χ1) is 6.50. The lowest BCUT2D eigenvalue weighted by Crippen LogP contribution is -2.17. The molecule has 0 aliphatic carbocycles. The Hall–Kier alpha value is -1.25. The lowest BCUT2D eigenvalue weighted by atomic mass is 10.1. The Morgan fingerprint density at radius 3 is 2.43 bits per heavy atom. The van der Waals surface area contributed by atoms with Crippen molar-refractivity contribution in [2.45, 2.75) is 33.2 Å². The maximum absolute atomic E-state index is 5.83. The minimum Gasteiger partial charge on any atom is -0.475 e. The number of ether oxygens (including phenoxy) is 1. The normalized spacial score (nSPS) is 21.9. The van der Waals surface area contributed by atoms with E-state index in [9.17, 15) is 0 Å². The Kier molecular flexibility index (Phi) is 2.99. The molecule has 0 saturated carbocycles.